The van der Waals surface area contributed by atoms with Gasteiger partial charge >= 0.3 is 0 Å². The summed E-state index contributed by atoms with van der Waals surface area (Å²) in [5.74, 6) is -0.145. The van der Waals surface area contributed by atoms with Gasteiger partial charge in [0.15, 0.2) is 5.13 Å². The molecule has 1 aliphatic carbocycles. The topological polar surface area (TPSA) is 72.9 Å². The van der Waals surface area contributed by atoms with Crippen LogP contribution < -0.4 is 11.1 Å². The molecule has 2 aromatic heterocycles. The second-order valence-electron chi connectivity index (χ2n) is 4.53. The van der Waals surface area contributed by atoms with E-state index in [4.69, 9.17) is 5.73 Å². The van der Waals surface area contributed by atoms with Gasteiger partial charge < -0.3 is 10.3 Å². The summed E-state index contributed by atoms with van der Waals surface area (Å²) in [6.45, 7) is 1.96. The Balaban J connectivity index is 1.83. The van der Waals surface area contributed by atoms with E-state index < -0.39 is 0 Å². The highest BCUT2D eigenvalue weighted by Gasteiger charge is 2.27. The first-order chi connectivity index (χ1) is 8.63. The summed E-state index contributed by atoms with van der Waals surface area (Å²) in [5.41, 5.74) is 7.01. The van der Waals surface area contributed by atoms with Gasteiger partial charge in [-0.1, -0.05) is 0 Å². The highest BCUT2D eigenvalue weighted by Crippen LogP contribution is 2.37. The third-order valence-electron chi connectivity index (χ3n) is 2.88. The molecule has 5 nitrogen and oxygen atoms in total. The first kappa shape index (κ1) is 11.3. The van der Waals surface area contributed by atoms with Gasteiger partial charge in [0.1, 0.15) is 5.69 Å². The van der Waals surface area contributed by atoms with Gasteiger partial charge in [-0.25, -0.2) is 4.98 Å². The van der Waals surface area contributed by atoms with Crippen molar-refractivity contribution in [3.63, 3.8) is 0 Å². The van der Waals surface area contributed by atoms with Gasteiger partial charge in [0.2, 0.25) is 0 Å². The maximum absolute atomic E-state index is 12.2. The van der Waals surface area contributed by atoms with Gasteiger partial charge in [-0.05, 0) is 25.8 Å². The number of nitrogens with one attached hydrogen (secondary N) is 1. The molecule has 1 amide bonds. The number of nitrogens with two attached hydrogens (primary N) is 1. The van der Waals surface area contributed by atoms with Gasteiger partial charge in [0, 0.05) is 23.3 Å². The minimum absolute atomic E-state index is 0.145. The van der Waals surface area contributed by atoms with Crippen LogP contribution in [0.3, 0.4) is 0 Å². The highest BCUT2D eigenvalue weighted by atomic mass is 32.1. The van der Waals surface area contributed by atoms with E-state index in [1.807, 2.05) is 17.7 Å². The molecular formula is C12H14N4OS. The minimum Gasteiger partial charge on any atom is -0.397 e. The lowest BCUT2D eigenvalue weighted by Gasteiger charge is -2.06. The van der Waals surface area contributed by atoms with Crippen molar-refractivity contribution in [2.75, 3.05) is 11.1 Å². The number of nitrogen functional groups attached to an aromatic ring is 1. The average molecular weight is 262 g/mol. The zero-order valence-electron chi connectivity index (χ0n) is 10.0. The summed E-state index contributed by atoms with van der Waals surface area (Å²) < 4.78 is 1.96. The predicted molar refractivity (Wildman–Crippen MR) is 71.9 cm³/mol. The monoisotopic (exact) mass is 262 g/mol. The molecule has 2 heterocycles. The number of nitrogens with zero attached hydrogens (tertiary/aromatic N) is 2. The standard InChI is InChI=1S/C12H14N4OS/c1-7-5-14-12(18-7)15-11(17)10-4-8(13)6-16(10)9-2-3-9/h4-6,9H,2-3,13H2,1H3,(H,14,15,17). The molecule has 18 heavy (non-hydrogen) atoms. The molecule has 0 atom stereocenters. The van der Waals surface area contributed by atoms with Crippen molar-refractivity contribution < 1.29 is 4.79 Å². The zero-order chi connectivity index (χ0) is 12.7. The number of anilines is 2. The normalized spacial score (nSPS) is 14.7. The van der Waals surface area contributed by atoms with Crippen LogP contribution in [0.2, 0.25) is 0 Å². The average Bonchev–Trinajstić information content (AvgIpc) is 2.98. The molecule has 0 bridgehead atoms. The summed E-state index contributed by atoms with van der Waals surface area (Å²) in [6, 6.07) is 2.15. The smallest absolute Gasteiger partial charge is 0.274 e. The van der Waals surface area contributed by atoms with Crippen molar-refractivity contribution in [1.29, 1.82) is 0 Å². The summed E-state index contributed by atoms with van der Waals surface area (Å²) >= 11 is 1.46. The van der Waals surface area contributed by atoms with E-state index in [1.165, 1.54) is 11.3 Å². The van der Waals surface area contributed by atoms with Crippen LogP contribution in [0.25, 0.3) is 0 Å². The lowest BCUT2D eigenvalue weighted by atomic mass is 10.4. The Morgan fingerprint density at radius 3 is 3.00 bits per heavy atom. The fourth-order valence-electron chi connectivity index (χ4n) is 1.91. The van der Waals surface area contributed by atoms with Crippen molar-refractivity contribution >= 4 is 28.1 Å². The number of aromatic nitrogens is 2. The van der Waals surface area contributed by atoms with Crippen LogP contribution in [0.1, 0.15) is 34.2 Å². The maximum atomic E-state index is 12.2. The number of amides is 1. The molecule has 0 aromatic carbocycles. The Labute approximate surface area is 109 Å². The lowest BCUT2D eigenvalue weighted by Crippen LogP contribution is -2.16. The van der Waals surface area contributed by atoms with E-state index in [0.29, 0.717) is 22.6 Å². The van der Waals surface area contributed by atoms with Crippen LogP contribution >= 0.6 is 11.3 Å². The van der Waals surface area contributed by atoms with Crippen LogP contribution in [0.15, 0.2) is 18.5 Å². The fourth-order valence-corrected chi connectivity index (χ4v) is 2.57. The number of hydrogen-bond acceptors (Lipinski definition) is 4. The summed E-state index contributed by atoms with van der Waals surface area (Å²) in [6.07, 6.45) is 5.81. The molecule has 0 radical (unpaired) electrons. The molecule has 3 rings (SSSR count). The predicted octanol–water partition coefficient (Wildman–Crippen LogP) is 2.42. The summed E-state index contributed by atoms with van der Waals surface area (Å²) in [5, 5.41) is 3.43. The third-order valence-corrected chi connectivity index (χ3v) is 3.71. The number of aryl methyl sites for hydroxylation is 1. The van der Waals surface area contributed by atoms with Crippen molar-refractivity contribution in [1.82, 2.24) is 9.55 Å². The quantitative estimate of drug-likeness (QED) is 0.892. The van der Waals surface area contributed by atoms with Gasteiger partial charge in [-0.3, -0.25) is 10.1 Å². The minimum atomic E-state index is -0.145. The molecule has 1 saturated carbocycles. The second-order valence-corrected chi connectivity index (χ2v) is 5.76. The number of carbonyl (C=O) groups is 1. The van der Waals surface area contributed by atoms with Crippen molar-refractivity contribution in [3.05, 3.63) is 29.0 Å². The molecule has 0 unspecified atom stereocenters. The fraction of sp³-hybridized carbons (Fsp3) is 0.333. The lowest BCUT2D eigenvalue weighted by molar-refractivity contribution is 0.101. The van der Waals surface area contributed by atoms with Crippen molar-refractivity contribution in [2.24, 2.45) is 0 Å². The van der Waals surface area contributed by atoms with Crippen molar-refractivity contribution in [2.45, 2.75) is 25.8 Å². The molecule has 6 heteroatoms. The number of rotatable bonds is 3. The van der Waals surface area contributed by atoms with E-state index in [9.17, 15) is 4.79 Å². The SMILES string of the molecule is Cc1cnc(NC(=O)c2cc(N)cn2C2CC2)s1. The molecule has 2 aromatic rings. The van der Waals surface area contributed by atoms with Crippen LogP contribution in [0.4, 0.5) is 10.8 Å². The number of hydrogen-bond donors (Lipinski definition) is 2. The molecule has 94 valence electrons. The second kappa shape index (κ2) is 4.13. The molecular weight excluding hydrogens is 248 g/mol. The third kappa shape index (κ3) is 2.11. The van der Waals surface area contributed by atoms with Gasteiger partial charge in [0.05, 0.1) is 5.69 Å². The molecule has 3 N–H and O–H groups in total. The van der Waals surface area contributed by atoms with E-state index in [-0.39, 0.29) is 5.91 Å². The van der Waals surface area contributed by atoms with E-state index in [1.54, 1.807) is 12.3 Å². The van der Waals surface area contributed by atoms with Crippen LogP contribution in [0.5, 0.6) is 0 Å². The Morgan fingerprint density at radius 2 is 2.39 bits per heavy atom. The Hall–Kier alpha value is -1.82. The molecule has 0 saturated heterocycles. The summed E-state index contributed by atoms with van der Waals surface area (Å²) in [4.78, 5) is 17.4. The first-order valence-corrected chi connectivity index (χ1v) is 6.66. The number of carbonyl (C=O) groups excluding carboxylic acids is 1. The maximum Gasteiger partial charge on any atom is 0.274 e. The van der Waals surface area contributed by atoms with Gasteiger partial charge in [-0.2, -0.15) is 0 Å². The van der Waals surface area contributed by atoms with E-state index >= 15 is 0 Å². The molecule has 1 aliphatic rings. The Bertz CT molecular complexity index is 597. The summed E-state index contributed by atoms with van der Waals surface area (Å²) in [7, 11) is 0. The van der Waals surface area contributed by atoms with Crippen LogP contribution in [0, 0.1) is 6.92 Å². The first-order valence-electron chi connectivity index (χ1n) is 5.84. The van der Waals surface area contributed by atoms with E-state index in [2.05, 4.69) is 10.3 Å². The van der Waals surface area contributed by atoms with Gasteiger partial charge in [0.25, 0.3) is 5.91 Å². The van der Waals surface area contributed by atoms with E-state index in [0.717, 1.165) is 17.7 Å². The Morgan fingerprint density at radius 1 is 1.61 bits per heavy atom. The van der Waals surface area contributed by atoms with Crippen LogP contribution in [-0.2, 0) is 0 Å². The highest BCUT2D eigenvalue weighted by molar-refractivity contribution is 7.15. The van der Waals surface area contributed by atoms with Gasteiger partial charge in [-0.15, -0.1) is 11.3 Å². The molecule has 0 aliphatic heterocycles. The Kier molecular flexibility index (Phi) is 2.59. The number of thiazole rings is 1. The zero-order valence-corrected chi connectivity index (χ0v) is 10.8. The molecule has 0 spiro atoms. The van der Waals surface area contributed by atoms with Crippen molar-refractivity contribution in [3.8, 4) is 0 Å². The largest absolute Gasteiger partial charge is 0.397 e. The molecule has 1 fully saturated rings. The van der Waals surface area contributed by atoms with Crippen LogP contribution in [-0.4, -0.2) is 15.5 Å².